The number of ketones is 1. The number of nitrogens with one attached hydrogen (secondary N) is 3. The van der Waals surface area contributed by atoms with Crippen LogP contribution < -0.4 is 0 Å². The van der Waals surface area contributed by atoms with Crippen LogP contribution in [0.5, 0.6) is 0 Å². The molecule has 0 aliphatic heterocycles. The van der Waals surface area contributed by atoms with Gasteiger partial charge in [0.15, 0.2) is 11.6 Å². The molecule has 0 saturated carbocycles. The topological polar surface area (TPSA) is 95.2 Å². The lowest BCUT2D eigenvalue weighted by atomic mass is 9.95. The third kappa shape index (κ3) is 3.47. The van der Waals surface area contributed by atoms with Crippen molar-refractivity contribution >= 4 is 61.1 Å². The molecule has 0 spiro atoms. The van der Waals surface area contributed by atoms with Crippen molar-refractivity contribution in [2.75, 3.05) is 0 Å². The highest BCUT2D eigenvalue weighted by Crippen LogP contribution is 2.43. The fourth-order valence-corrected chi connectivity index (χ4v) is 5.99. The molecule has 3 N–H and O–H groups in total. The van der Waals surface area contributed by atoms with Gasteiger partial charge in [-0.15, -0.1) is 5.10 Å². The van der Waals surface area contributed by atoms with E-state index in [1.165, 1.54) is 4.68 Å². The molecule has 0 bridgehead atoms. The van der Waals surface area contributed by atoms with Crippen molar-refractivity contribution in [2.45, 2.75) is 6.92 Å². The van der Waals surface area contributed by atoms with Gasteiger partial charge in [-0.05, 0) is 42.8 Å². The Morgan fingerprint density at radius 2 is 1.74 bits per heavy atom. The number of aromatic nitrogens is 6. The molecular weight excluding hydrogens is 558 g/mol. The lowest BCUT2D eigenvalue weighted by Gasteiger charge is -2.10. The van der Waals surface area contributed by atoms with Crippen molar-refractivity contribution in [1.29, 1.82) is 0 Å². The quantitative estimate of drug-likeness (QED) is 0.185. The first-order chi connectivity index (χ1) is 20.4. The summed E-state index contributed by atoms with van der Waals surface area (Å²) in [4.78, 5) is 23.9. The maximum atomic E-state index is 16.0. The van der Waals surface area contributed by atoms with Gasteiger partial charge in [0.2, 0.25) is 5.78 Å². The molecule has 8 rings (SSSR count). The molecule has 7 nitrogen and oxygen atoms in total. The first-order valence-electron chi connectivity index (χ1n) is 13.1. The van der Waals surface area contributed by atoms with Gasteiger partial charge in [0, 0.05) is 67.4 Å². The number of aryl methyl sites for hydroxylation is 1. The van der Waals surface area contributed by atoms with E-state index in [0.29, 0.717) is 38.1 Å². The highest BCUT2D eigenvalue weighted by Gasteiger charge is 2.30. The lowest BCUT2D eigenvalue weighted by Crippen LogP contribution is -2.04. The number of carbonyl (C=O) groups is 1. The summed E-state index contributed by atoms with van der Waals surface area (Å²) in [7, 11) is 0. The normalized spacial score (nSPS) is 11.9. The first kappa shape index (κ1) is 24.5. The summed E-state index contributed by atoms with van der Waals surface area (Å²) in [5.74, 6) is -2.54. The number of rotatable bonds is 4. The summed E-state index contributed by atoms with van der Waals surface area (Å²) < 4.78 is 32.5. The SMILES string of the molecule is Cc1ccc2c(-c3c(C(=O)c4c[nH]c5ccccc45)[nH]c4cc(F)c(F)c(-n5nnc6cc(Cl)ccc65)c34)c[nH]c2c1. The highest BCUT2D eigenvalue weighted by atomic mass is 35.5. The number of hydrogen-bond acceptors (Lipinski definition) is 3. The van der Waals surface area contributed by atoms with Gasteiger partial charge in [-0.25, -0.2) is 13.5 Å². The van der Waals surface area contributed by atoms with Crippen molar-refractivity contribution in [2.24, 2.45) is 0 Å². The standard InChI is InChI=1S/C32H19ClF2N6O/c1-15-6-8-18-19(13-37-23(18)10-15)27-28-25(38-30(27)32(42)20-14-36-22-5-3-2-4-17(20)22)12-21(34)29(35)31(28)41-26-9-7-16(33)11-24(26)39-40-41/h2-14,36-38H,1H3. The smallest absolute Gasteiger partial charge is 0.211 e. The minimum absolute atomic E-state index is 0.166. The predicted molar refractivity (Wildman–Crippen MR) is 159 cm³/mol. The van der Waals surface area contributed by atoms with E-state index in [4.69, 9.17) is 11.6 Å². The Balaban J connectivity index is 1.51. The van der Waals surface area contributed by atoms with Gasteiger partial charge in [0.1, 0.15) is 11.2 Å². The van der Waals surface area contributed by atoms with Crippen LogP contribution in [-0.2, 0) is 0 Å². The van der Waals surface area contributed by atoms with Crippen molar-refractivity contribution in [3.63, 3.8) is 0 Å². The number of halogens is 3. The maximum Gasteiger partial charge on any atom is 0.211 e. The van der Waals surface area contributed by atoms with Gasteiger partial charge < -0.3 is 15.0 Å². The Kier molecular flexibility index (Phi) is 5.17. The van der Waals surface area contributed by atoms with E-state index in [1.54, 1.807) is 30.6 Å². The van der Waals surface area contributed by atoms with Crippen molar-refractivity contribution in [3.05, 3.63) is 113 Å². The summed E-state index contributed by atoms with van der Waals surface area (Å²) in [5.41, 5.74) is 5.29. The Bertz CT molecular complexity index is 2400. The summed E-state index contributed by atoms with van der Waals surface area (Å²) in [6, 6.07) is 19.3. The van der Waals surface area contributed by atoms with Crippen LogP contribution in [0.1, 0.15) is 21.6 Å². The zero-order valence-corrected chi connectivity index (χ0v) is 22.6. The second kappa shape index (κ2) is 8.86. The van der Waals surface area contributed by atoms with Crippen LogP contribution in [-0.4, -0.2) is 35.7 Å². The fourth-order valence-electron chi connectivity index (χ4n) is 5.83. The number of aromatic amines is 3. The van der Waals surface area contributed by atoms with E-state index in [2.05, 4.69) is 25.3 Å². The molecule has 0 fully saturated rings. The molecule has 0 unspecified atom stereocenters. The van der Waals surface area contributed by atoms with E-state index in [9.17, 15) is 4.79 Å². The summed E-state index contributed by atoms with van der Waals surface area (Å²) in [6.45, 7) is 1.98. The molecule has 0 aliphatic carbocycles. The zero-order valence-electron chi connectivity index (χ0n) is 21.9. The van der Waals surface area contributed by atoms with Crippen LogP contribution in [0.3, 0.4) is 0 Å². The van der Waals surface area contributed by atoms with Gasteiger partial charge in [-0.1, -0.05) is 47.1 Å². The van der Waals surface area contributed by atoms with Crippen LogP contribution in [0.4, 0.5) is 8.78 Å². The minimum atomic E-state index is -1.12. The molecular formula is C32H19ClF2N6O. The molecule has 0 amide bonds. The molecule has 10 heteroatoms. The molecule has 4 heterocycles. The van der Waals surface area contributed by atoms with E-state index < -0.39 is 11.6 Å². The van der Waals surface area contributed by atoms with Crippen molar-refractivity contribution in [1.82, 2.24) is 29.9 Å². The number of carbonyl (C=O) groups excluding carboxylic acids is 1. The molecule has 0 atom stereocenters. The molecule has 0 radical (unpaired) electrons. The monoisotopic (exact) mass is 576 g/mol. The second-order valence-electron chi connectivity index (χ2n) is 10.3. The number of para-hydroxylation sites is 1. The third-order valence-corrected chi connectivity index (χ3v) is 7.98. The van der Waals surface area contributed by atoms with Crippen LogP contribution in [0, 0.1) is 18.6 Å². The molecule has 0 aliphatic rings. The Morgan fingerprint density at radius 1 is 0.905 bits per heavy atom. The lowest BCUT2D eigenvalue weighted by molar-refractivity contribution is 0.103. The van der Waals surface area contributed by atoms with Gasteiger partial charge in [-0.3, -0.25) is 4.79 Å². The molecule has 204 valence electrons. The molecule has 42 heavy (non-hydrogen) atoms. The third-order valence-electron chi connectivity index (χ3n) is 7.74. The number of nitrogens with zero attached hydrogens (tertiary/aromatic N) is 3. The Labute approximate surface area is 240 Å². The molecule has 8 aromatic rings. The van der Waals surface area contributed by atoms with Crippen molar-refractivity contribution in [3.8, 4) is 16.8 Å². The highest BCUT2D eigenvalue weighted by molar-refractivity contribution is 6.31. The van der Waals surface area contributed by atoms with E-state index in [0.717, 1.165) is 33.4 Å². The number of hydrogen-bond donors (Lipinski definition) is 3. The average molecular weight is 577 g/mol. The average Bonchev–Trinajstić information content (AvgIpc) is 3.76. The largest absolute Gasteiger partial charge is 0.361 e. The first-order valence-corrected chi connectivity index (χ1v) is 13.5. The molecule has 4 aromatic heterocycles. The zero-order chi connectivity index (χ0) is 28.7. The van der Waals surface area contributed by atoms with Crippen LogP contribution >= 0.6 is 11.6 Å². The van der Waals surface area contributed by atoms with Crippen LogP contribution in [0.2, 0.25) is 5.02 Å². The van der Waals surface area contributed by atoms with Crippen LogP contribution in [0.25, 0.3) is 60.6 Å². The fraction of sp³-hybridized carbons (Fsp3) is 0.0312. The van der Waals surface area contributed by atoms with E-state index in [1.807, 2.05) is 49.4 Å². The number of H-pyrrole nitrogens is 3. The van der Waals surface area contributed by atoms with Gasteiger partial charge >= 0.3 is 0 Å². The van der Waals surface area contributed by atoms with Gasteiger partial charge in [0.05, 0.1) is 16.7 Å². The van der Waals surface area contributed by atoms with Crippen molar-refractivity contribution < 1.29 is 13.6 Å². The van der Waals surface area contributed by atoms with E-state index >= 15 is 8.78 Å². The Morgan fingerprint density at radius 3 is 2.62 bits per heavy atom. The summed E-state index contributed by atoms with van der Waals surface area (Å²) in [5, 5.41) is 10.6. The number of fused-ring (bicyclic) bond motifs is 4. The predicted octanol–water partition coefficient (Wildman–Crippen LogP) is 8.00. The minimum Gasteiger partial charge on any atom is -0.361 e. The summed E-state index contributed by atoms with van der Waals surface area (Å²) in [6.07, 6.45) is 3.43. The van der Waals surface area contributed by atoms with Crippen LogP contribution in [0.15, 0.2) is 79.1 Å². The summed E-state index contributed by atoms with van der Waals surface area (Å²) >= 11 is 6.15. The van der Waals surface area contributed by atoms with Gasteiger partial charge in [-0.2, -0.15) is 0 Å². The maximum absolute atomic E-state index is 16.0. The van der Waals surface area contributed by atoms with E-state index in [-0.39, 0.29) is 22.7 Å². The molecule has 0 saturated heterocycles. The molecule has 4 aromatic carbocycles. The Hall–Kier alpha value is -5.28. The number of benzene rings is 4. The second-order valence-corrected chi connectivity index (χ2v) is 10.7. The van der Waals surface area contributed by atoms with Gasteiger partial charge in [0.25, 0.3) is 0 Å².